The molecule has 6 nitrogen and oxygen atoms in total. The van der Waals surface area contributed by atoms with Gasteiger partial charge in [0.05, 0.1) is 10.0 Å². The Balaban J connectivity index is 1.92. The quantitative estimate of drug-likeness (QED) is 0.867. The van der Waals surface area contributed by atoms with Crippen LogP contribution in [0, 0.1) is 0 Å². The molecule has 0 saturated heterocycles. The van der Waals surface area contributed by atoms with Crippen LogP contribution in [0.5, 0.6) is 0 Å². The van der Waals surface area contributed by atoms with Crippen LogP contribution >= 0.6 is 23.2 Å². The summed E-state index contributed by atoms with van der Waals surface area (Å²) in [7, 11) is 0. The van der Waals surface area contributed by atoms with E-state index in [1.165, 1.54) is 0 Å². The highest BCUT2D eigenvalue weighted by molar-refractivity contribution is 6.42. The largest absolute Gasteiger partial charge is 0.326 e. The number of nitrogens with zero attached hydrogens (tertiary/aromatic N) is 4. The molecule has 1 aromatic heterocycles. The number of benzene rings is 1. The van der Waals surface area contributed by atoms with E-state index in [4.69, 9.17) is 23.2 Å². The number of carbonyl (C=O) groups is 1. The number of anilines is 1. The SMILES string of the molecule is O=C1CCCC2=C1C(c1ccc(Cl)c(Cl)c1)n1nnnc1N2. The Bertz CT molecular complexity index is 813. The van der Waals surface area contributed by atoms with Crippen molar-refractivity contribution in [3.8, 4) is 0 Å². The van der Waals surface area contributed by atoms with Gasteiger partial charge in [-0.15, -0.1) is 0 Å². The first-order valence-electron chi connectivity index (χ1n) is 6.91. The molecule has 2 aliphatic rings. The number of hydrogen-bond acceptors (Lipinski definition) is 5. The number of Topliss-reactive ketones (excluding diaryl/α,β-unsaturated/α-hetero) is 1. The number of carbonyl (C=O) groups excluding carboxylic acids is 1. The second kappa shape index (κ2) is 5.07. The Kier molecular flexibility index (Phi) is 3.16. The lowest BCUT2D eigenvalue weighted by molar-refractivity contribution is -0.116. The molecule has 0 saturated carbocycles. The molecule has 1 aromatic carbocycles. The minimum atomic E-state index is -0.371. The number of allylic oxidation sites excluding steroid dienone is 2. The van der Waals surface area contributed by atoms with Crippen LogP contribution in [0.25, 0.3) is 0 Å². The van der Waals surface area contributed by atoms with Crippen molar-refractivity contribution >= 4 is 34.9 Å². The van der Waals surface area contributed by atoms with Gasteiger partial charge in [0, 0.05) is 17.7 Å². The molecule has 2 heterocycles. The van der Waals surface area contributed by atoms with E-state index in [0.29, 0.717) is 28.0 Å². The Morgan fingerprint density at radius 1 is 1.23 bits per heavy atom. The number of hydrogen-bond donors (Lipinski definition) is 1. The van der Waals surface area contributed by atoms with E-state index in [9.17, 15) is 4.79 Å². The van der Waals surface area contributed by atoms with Crippen LogP contribution in [-0.2, 0) is 4.79 Å². The number of aromatic nitrogens is 4. The predicted octanol–water partition coefficient (Wildman–Crippen LogP) is 3.00. The molecule has 0 radical (unpaired) electrons. The van der Waals surface area contributed by atoms with Gasteiger partial charge in [0.2, 0.25) is 5.95 Å². The van der Waals surface area contributed by atoms with E-state index >= 15 is 0 Å². The maximum atomic E-state index is 12.5. The Hall–Kier alpha value is -1.92. The summed E-state index contributed by atoms with van der Waals surface area (Å²) in [4.78, 5) is 12.5. The fraction of sp³-hybridized carbons (Fsp3) is 0.286. The number of ketones is 1. The van der Waals surface area contributed by atoms with E-state index in [0.717, 1.165) is 24.1 Å². The van der Waals surface area contributed by atoms with E-state index in [-0.39, 0.29) is 11.8 Å². The first-order valence-corrected chi connectivity index (χ1v) is 7.67. The van der Waals surface area contributed by atoms with Crippen LogP contribution in [-0.4, -0.2) is 26.0 Å². The molecule has 1 unspecified atom stereocenters. The zero-order chi connectivity index (χ0) is 15.3. The normalized spacial score (nSPS) is 20.5. The fourth-order valence-electron chi connectivity index (χ4n) is 3.01. The summed E-state index contributed by atoms with van der Waals surface area (Å²) >= 11 is 12.1. The van der Waals surface area contributed by atoms with Crippen LogP contribution in [0.1, 0.15) is 30.9 Å². The lowest BCUT2D eigenvalue weighted by Crippen LogP contribution is -2.31. The van der Waals surface area contributed by atoms with Crippen molar-refractivity contribution in [3.63, 3.8) is 0 Å². The molecule has 0 fully saturated rings. The van der Waals surface area contributed by atoms with Gasteiger partial charge in [0.15, 0.2) is 5.78 Å². The summed E-state index contributed by atoms with van der Waals surface area (Å²) in [6, 6.07) is 4.96. The van der Waals surface area contributed by atoms with Crippen molar-refractivity contribution in [2.75, 3.05) is 5.32 Å². The van der Waals surface area contributed by atoms with Gasteiger partial charge in [-0.05, 0) is 41.0 Å². The lowest BCUT2D eigenvalue weighted by atomic mass is 9.85. The summed E-state index contributed by atoms with van der Waals surface area (Å²) < 4.78 is 1.61. The number of fused-ring (bicyclic) bond motifs is 1. The van der Waals surface area contributed by atoms with E-state index in [1.54, 1.807) is 16.8 Å². The van der Waals surface area contributed by atoms with Gasteiger partial charge in [-0.2, -0.15) is 4.68 Å². The van der Waals surface area contributed by atoms with Crippen molar-refractivity contribution in [1.29, 1.82) is 0 Å². The van der Waals surface area contributed by atoms with Gasteiger partial charge in [0.25, 0.3) is 0 Å². The zero-order valence-corrected chi connectivity index (χ0v) is 12.9. The summed E-state index contributed by atoms with van der Waals surface area (Å²) in [6.45, 7) is 0. The zero-order valence-electron chi connectivity index (χ0n) is 11.4. The molecule has 1 aliphatic carbocycles. The van der Waals surface area contributed by atoms with E-state index in [1.807, 2.05) is 6.07 Å². The third-order valence-corrected chi connectivity index (χ3v) is 4.73. The molecule has 8 heteroatoms. The predicted molar refractivity (Wildman–Crippen MR) is 81.9 cm³/mol. The van der Waals surface area contributed by atoms with Gasteiger partial charge in [-0.25, -0.2) is 0 Å². The second-order valence-corrected chi connectivity index (χ2v) is 6.13. The third kappa shape index (κ3) is 2.02. The smallest absolute Gasteiger partial charge is 0.248 e. The molecule has 1 atom stereocenters. The monoisotopic (exact) mass is 335 g/mol. The van der Waals surface area contributed by atoms with Gasteiger partial charge in [-0.1, -0.05) is 34.4 Å². The number of tetrazole rings is 1. The highest BCUT2D eigenvalue weighted by Gasteiger charge is 2.36. The van der Waals surface area contributed by atoms with Crippen LogP contribution in [0.3, 0.4) is 0 Å². The third-order valence-electron chi connectivity index (χ3n) is 3.99. The fourth-order valence-corrected chi connectivity index (χ4v) is 3.31. The van der Waals surface area contributed by atoms with Gasteiger partial charge in [0.1, 0.15) is 6.04 Å². The summed E-state index contributed by atoms with van der Waals surface area (Å²) in [5, 5.41) is 15.8. The average Bonchev–Trinajstić information content (AvgIpc) is 2.96. The van der Waals surface area contributed by atoms with Gasteiger partial charge in [-0.3, -0.25) is 4.79 Å². The van der Waals surface area contributed by atoms with Crippen molar-refractivity contribution in [3.05, 3.63) is 45.1 Å². The first kappa shape index (κ1) is 13.7. The molecular weight excluding hydrogens is 325 g/mol. The van der Waals surface area contributed by atoms with Crippen LogP contribution < -0.4 is 5.32 Å². The van der Waals surface area contributed by atoms with Crippen molar-refractivity contribution in [2.24, 2.45) is 0 Å². The molecule has 0 bridgehead atoms. The Labute approximate surface area is 136 Å². The Morgan fingerprint density at radius 3 is 2.91 bits per heavy atom. The first-order chi connectivity index (χ1) is 10.6. The maximum absolute atomic E-state index is 12.5. The maximum Gasteiger partial charge on any atom is 0.248 e. The topological polar surface area (TPSA) is 72.7 Å². The molecular formula is C14H11Cl2N5O. The Morgan fingerprint density at radius 2 is 2.09 bits per heavy atom. The van der Waals surface area contributed by atoms with Crippen molar-refractivity contribution in [2.45, 2.75) is 25.3 Å². The molecule has 1 aliphatic heterocycles. The van der Waals surface area contributed by atoms with E-state index < -0.39 is 0 Å². The summed E-state index contributed by atoms with van der Waals surface area (Å²) in [6.07, 6.45) is 2.18. The van der Waals surface area contributed by atoms with E-state index in [2.05, 4.69) is 20.8 Å². The minimum absolute atomic E-state index is 0.117. The molecule has 1 N–H and O–H groups in total. The molecule has 22 heavy (non-hydrogen) atoms. The molecule has 0 amide bonds. The molecule has 0 spiro atoms. The average molecular weight is 336 g/mol. The van der Waals surface area contributed by atoms with Gasteiger partial charge < -0.3 is 5.32 Å². The number of nitrogens with one attached hydrogen (secondary N) is 1. The standard InChI is InChI=1S/C14H11Cl2N5O/c15-8-5-4-7(6-9(8)16)13-12-10(2-1-3-11(12)22)17-14-18-19-20-21(13)14/h4-6,13H,1-3H2,(H,17,18,20). The van der Waals surface area contributed by atoms with Crippen LogP contribution in [0.15, 0.2) is 29.5 Å². The molecule has 4 rings (SSSR count). The number of halogens is 2. The molecule has 112 valence electrons. The van der Waals surface area contributed by atoms with Crippen molar-refractivity contribution < 1.29 is 4.79 Å². The van der Waals surface area contributed by atoms with Crippen LogP contribution in [0.2, 0.25) is 10.0 Å². The lowest BCUT2D eigenvalue weighted by Gasteiger charge is -2.31. The van der Waals surface area contributed by atoms with Crippen LogP contribution in [0.4, 0.5) is 5.95 Å². The number of rotatable bonds is 1. The minimum Gasteiger partial charge on any atom is -0.326 e. The summed E-state index contributed by atoms with van der Waals surface area (Å²) in [5.41, 5.74) is 2.45. The highest BCUT2D eigenvalue weighted by Crippen LogP contribution is 2.40. The second-order valence-electron chi connectivity index (χ2n) is 5.32. The molecule has 2 aromatic rings. The highest BCUT2D eigenvalue weighted by atomic mass is 35.5. The van der Waals surface area contributed by atoms with Crippen molar-refractivity contribution in [1.82, 2.24) is 20.2 Å². The summed E-state index contributed by atoms with van der Waals surface area (Å²) in [5.74, 6) is 0.649. The van der Waals surface area contributed by atoms with Gasteiger partial charge >= 0.3 is 0 Å².